The van der Waals surface area contributed by atoms with Crippen LogP contribution in [0.2, 0.25) is 0 Å². The lowest BCUT2D eigenvalue weighted by molar-refractivity contribution is 0.0601. The van der Waals surface area contributed by atoms with Gasteiger partial charge in [-0.25, -0.2) is 9.59 Å². The molecule has 24 heavy (non-hydrogen) atoms. The van der Waals surface area contributed by atoms with Crippen LogP contribution in [0, 0.1) is 13.8 Å². The van der Waals surface area contributed by atoms with Crippen LogP contribution in [0.1, 0.15) is 41.5 Å². The Labute approximate surface area is 143 Å². The zero-order valence-corrected chi connectivity index (χ0v) is 14.6. The first-order valence-corrected chi connectivity index (χ1v) is 7.88. The summed E-state index contributed by atoms with van der Waals surface area (Å²) >= 11 is 0.981. The molecule has 126 valence electrons. The number of esters is 2. The Hall–Kier alpha value is -2.67. The van der Waals surface area contributed by atoms with Crippen LogP contribution in [0.3, 0.4) is 0 Å². The number of amides is 1. The zero-order valence-electron chi connectivity index (χ0n) is 13.8. The van der Waals surface area contributed by atoms with Gasteiger partial charge in [-0.1, -0.05) is 17.7 Å². The largest absolute Gasteiger partial charge is 0.465 e. The molecule has 0 aliphatic rings. The molecular weight excluding hydrogens is 330 g/mol. The van der Waals surface area contributed by atoms with Crippen molar-refractivity contribution < 1.29 is 23.9 Å². The molecule has 0 bridgehead atoms. The standard InChI is InChI=1S/C17H17NO5S/c1-9-5-7-11(8-6-9)14(19)18-15-12(16(20)22-3)10(2)13(24-15)17(21)23-4/h5-8H,1-4H3,(H,18,19). The molecule has 1 amide bonds. The van der Waals surface area contributed by atoms with Gasteiger partial charge in [-0.15, -0.1) is 11.3 Å². The van der Waals surface area contributed by atoms with E-state index < -0.39 is 11.9 Å². The van der Waals surface area contributed by atoms with E-state index in [0.29, 0.717) is 11.1 Å². The van der Waals surface area contributed by atoms with Crippen molar-refractivity contribution in [2.24, 2.45) is 0 Å². The summed E-state index contributed by atoms with van der Waals surface area (Å²) < 4.78 is 9.46. The lowest BCUT2D eigenvalue weighted by Gasteiger charge is -2.06. The molecule has 0 saturated carbocycles. The Bertz CT molecular complexity index is 792. The van der Waals surface area contributed by atoms with Crippen molar-refractivity contribution in [3.05, 3.63) is 51.4 Å². The highest BCUT2D eigenvalue weighted by molar-refractivity contribution is 7.18. The maximum absolute atomic E-state index is 12.4. The topological polar surface area (TPSA) is 81.7 Å². The molecule has 1 heterocycles. The fourth-order valence-electron chi connectivity index (χ4n) is 2.12. The van der Waals surface area contributed by atoms with Crippen LogP contribution in [0.5, 0.6) is 0 Å². The second-order valence-corrected chi connectivity index (χ2v) is 6.08. The molecule has 1 aromatic carbocycles. The average molecular weight is 347 g/mol. The van der Waals surface area contributed by atoms with Crippen molar-refractivity contribution >= 4 is 34.2 Å². The normalized spacial score (nSPS) is 10.2. The van der Waals surface area contributed by atoms with E-state index in [2.05, 4.69) is 5.32 Å². The van der Waals surface area contributed by atoms with Crippen LogP contribution in [0.15, 0.2) is 24.3 Å². The number of benzene rings is 1. The van der Waals surface area contributed by atoms with Crippen LogP contribution in [0.25, 0.3) is 0 Å². The SMILES string of the molecule is COC(=O)c1sc(NC(=O)c2ccc(C)cc2)c(C(=O)OC)c1C. The number of hydrogen-bond donors (Lipinski definition) is 1. The predicted octanol–water partition coefficient (Wildman–Crippen LogP) is 3.19. The molecule has 0 saturated heterocycles. The number of thiophene rings is 1. The first kappa shape index (κ1) is 17.7. The Morgan fingerprint density at radius 1 is 0.958 bits per heavy atom. The van der Waals surface area contributed by atoms with Gasteiger partial charge < -0.3 is 14.8 Å². The monoisotopic (exact) mass is 347 g/mol. The fraction of sp³-hybridized carbons (Fsp3) is 0.235. The number of rotatable bonds is 4. The molecule has 0 atom stereocenters. The second kappa shape index (κ2) is 7.27. The first-order valence-electron chi connectivity index (χ1n) is 7.07. The van der Waals surface area contributed by atoms with Gasteiger partial charge in [0.2, 0.25) is 0 Å². The van der Waals surface area contributed by atoms with Crippen molar-refractivity contribution in [3.8, 4) is 0 Å². The lowest BCUT2D eigenvalue weighted by atomic mass is 10.1. The maximum Gasteiger partial charge on any atom is 0.348 e. The zero-order chi connectivity index (χ0) is 17.9. The highest BCUT2D eigenvalue weighted by atomic mass is 32.1. The van der Waals surface area contributed by atoms with Crippen LogP contribution in [-0.2, 0) is 9.47 Å². The Kier molecular flexibility index (Phi) is 5.35. The summed E-state index contributed by atoms with van der Waals surface area (Å²) in [5, 5.41) is 2.93. The van der Waals surface area contributed by atoms with E-state index in [1.165, 1.54) is 14.2 Å². The fourth-order valence-corrected chi connectivity index (χ4v) is 3.23. The summed E-state index contributed by atoms with van der Waals surface area (Å²) in [7, 11) is 2.49. The summed E-state index contributed by atoms with van der Waals surface area (Å²) in [5.41, 5.74) is 2.05. The van der Waals surface area contributed by atoms with Crippen molar-refractivity contribution in [1.29, 1.82) is 0 Å². The van der Waals surface area contributed by atoms with Gasteiger partial charge in [-0.2, -0.15) is 0 Å². The van der Waals surface area contributed by atoms with E-state index in [-0.39, 0.29) is 21.3 Å². The smallest absolute Gasteiger partial charge is 0.348 e. The number of carbonyl (C=O) groups excluding carboxylic acids is 3. The Morgan fingerprint density at radius 3 is 2.08 bits per heavy atom. The maximum atomic E-state index is 12.4. The van der Waals surface area contributed by atoms with E-state index in [1.54, 1.807) is 19.1 Å². The molecule has 0 unspecified atom stereocenters. The molecule has 2 rings (SSSR count). The molecule has 0 aliphatic carbocycles. The Morgan fingerprint density at radius 2 is 1.54 bits per heavy atom. The van der Waals surface area contributed by atoms with Crippen molar-refractivity contribution in [1.82, 2.24) is 0 Å². The molecule has 0 aliphatic heterocycles. The van der Waals surface area contributed by atoms with Crippen LogP contribution >= 0.6 is 11.3 Å². The quantitative estimate of drug-likeness (QED) is 0.859. The first-order chi connectivity index (χ1) is 11.4. The molecule has 1 aromatic heterocycles. The van der Waals surface area contributed by atoms with Gasteiger partial charge in [-0.05, 0) is 31.5 Å². The minimum atomic E-state index is -0.627. The third-order valence-electron chi connectivity index (χ3n) is 3.45. The predicted molar refractivity (Wildman–Crippen MR) is 90.9 cm³/mol. The molecule has 2 aromatic rings. The number of carbonyl (C=O) groups is 3. The summed E-state index contributed by atoms with van der Waals surface area (Å²) in [5.74, 6) is -1.57. The number of ether oxygens (including phenoxy) is 2. The van der Waals surface area contributed by atoms with Gasteiger partial charge in [-0.3, -0.25) is 4.79 Å². The van der Waals surface area contributed by atoms with E-state index in [0.717, 1.165) is 16.9 Å². The number of hydrogen-bond acceptors (Lipinski definition) is 6. The van der Waals surface area contributed by atoms with Crippen molar-refractivity contribution in [3.63, 3.8) is 0 Å². The summed E-state index contributed by atoms with van der Waals surface area (Å²) in [4.78, 5) is 36.5. The second-order valence-electron chi connectivity index (χ2n) is 5.06. The molecule has 7 heteroatoms. The molecular formula is C17H17NO5S. The Balaban J connectivity index is 2.41. The van der Waals surface area contributed by atoms with Crippen molar-refractivity contribution in [2.45, 2.75) is 13.8 Å². The number of anilines is 1. The third-order valence-corrected chi connectivity index (χ3v) is 4.64. The highest BCUT2D eigenvalue weighted by Crippen LogP contribution is 2.34. The van der Waals surface area contributed by atoms with E-state index in [9.17, 15) is 14.4 Å². The van der Waals surface area contributed by atoms with Gasteiger partial charge in [0.1, 0.15) is 9.88 Å². The van der Waals surface area contributed by atoms with E-state index in [4.69, 9.17) is 9.47 Å². The molecule has 1 N–H and O–H groups in total. The molecule has 0 fully saturated rings. The minimum Gasteiger partial charge on any atom is -0.465 e. The van der Waals surface area contributed by atoms with Crippen LogP contribution < -0.4 is 5.32 Å². The molecule has 0 radical (unpaired) electrons. The van der Waals surface area contributed by atoms with E-state index in [1.807, 2.05) is 19.1 Å². The van der Waals surface area contributed by atoms with Crippen LogP contribution in [0.4, 0.5) is 5.00 Å². The summed E-state index contributed by atoms with van der Waals surface area (Å²) in [6.07, 6.45) is 0. The third kappa shape index (κ3) is 3.46. The highest BCUT2D eigenvalue weighted by Gasteiger charge is 2.26. The lowest BCUT2D eigenvalue weighted by Crippen LogP contribution is -2.14. The van der Waals surface area contributed by atoms with Crippen LogP contribution in [-0.4, -0.2) is 32.1 Å². The minimum absolute atomic E-state index is 0.156. The van der Waals surface area contributed by atoms with Gasteiger partial charge in [0.15, 0.2) is 0 Å². The van der Waals surface area contributed by atoms with Gasteiger partial charge >= 0.3 is 11.9 Å². The number of methoxy groups -OCH3 is 2. The van der Waals surface area contributed by atoms with Crippen molar-refractivity contribution in [2.75, 3.05) is 19.5 Å². The average Bonchev–Trinajstić information content (AvgIpc) is 2.90. The summed E-state index contributed by atoms with van der Waals surface area (Å²) in [6.45, 7) is 3.53. The number of nitrogens with one attached hydrogen (secondary N) is 1. The van der Waals surface area contributed by atoms with Gasteiger partial charge in [0.25, 0.3) is 5.91 Å². The van der Waals surface area contributed by atoms with E-state index >= 15 is 0 Å². The number of aryl methyl sites for hydroxylation is 1. The molecule has 6 nitrogen and oxygen atoms in total. The summed E-state index contributed by atoms with van der Waals surface area (Å²) in [6, 6.07) is 7.00. The molecule has 0 spiro atoms. The van der Waals surface area contributed by atoms with Gasteiger partial charge in [0.05, 0.1) is 19.8 Å². The van der Waals surface area contributed by atoms with Gasteiger partial charge in [0, 0.05) is 5.56 Å².